The van der Waals surface area contributed by atoms with Crippen LogP contribution in [0.1, 0.15) is 10.4 Å². The monoisotopic (exact) mass is 363 g/mol. The molecule has 0 fully saturated rings. The van der Waals surface area contributed by atoms with Gasteiger partial charge in [0.1, 0.15) is 5.75 Å². The predicted octanol–water partition coefficient (Wildman–Crippen LogP) is 2.05. The number of halogens is 1. The summed E-state index contributed by atoms with van der Waals surface area (Å²) in [5.41, 5.74) is 5.29. The van der Waals surface area contributed by atoms with Gasteiger partial charge in [0.15, 0.2) is 11.7 Å². The number of amides is 2. The number of ether oxygens (including phenoxy) is 1. The second-order valence-electron chi connectivity index (χ2n) is 4.57. The SMILES string of the molecule is O=C(COc1ccc(Cl)cc1)NC(=S)NNC(=O)c1ccccc1. The first-order chi connectivity index (χ1) is 11.5. The lowest BCUT2D eigenvalue weighted by Gasteiger charge is -2.11. The van der Waals surface area contributed by atoms with Crippen LogP contribution in [-0.4, -0.2) is 23.5 Å². The second-order valence-corrected chi connectivity index (χ2v) is 5.41. The van der Waals surface area contributed by atoms with Crippen molar-refractivity contribution in [2.45, 2.75) is 0 Å². The number of hydrogen-bond acceptors (Lipinski definition) is 4. The topological polar surface area (TPSA) is 79.5 Å². The number of carbonyl (C=O) groups is 2. The molecular weight excluding hydrogens is 350 g/mol. The Labute approximate surface area is 149 Å². The molecule has 3 N–H and O–H groups in total. The standard InChI is InChI=1S/C16H14ClN3O3S/c17-12-6-8-13(9-7-12)23-10-14(21)18-16(24)20-19-15(22)11-4-2-1-3-5-11/h1-9H,10H2,(H,19,22)(H2,18,20,21,24). The molecule has 0 heterocycles. The van der Waals surface area contributed by atoms with Crippen LogP contribution in [0.4, 0.5) is 0 Å². The van der Waals surface area contributed by atoms with Crippen LogP contribution < -0.4 is 20.9 Å². The first-order valence-corrected chi connectivity index (χ1v) is 7.67. The van der Waals surface area contributed by atoms with Crippen LogP contribution in [0.2, 0.25) is 5.02 Å². The van der Waals surface area contributed by atoms with Crippen LogP contribution in [0.25, 0.3) is 0 Å². The molecule has 0 radical (unpaired) electrons. The highest BCUT2D eigenvalue weighted by Crippen LogP contribution is 2.15. The van der Waals surface area contributed by atoms with Crippen LogP contribution in [0.3, 0.4) is 0 Å². The molecule has 2 aromatic carbocycles. The predicted molar refractivity (Wildman–Crippen MR) is 94.7 cm³/mol. The van der Waals surface area contributed by atoms with Gasteiger partial charge in [0.2, 0.25) is 0 Å². The first-order valence-electron chi connectivity index (χ1n) is 6.88. The maximum Gasteiger partial charge on any atom is 0.269 e. The molecule has 2 amide bonds. The van der Waals surface area contributed by atoms with Gasteiger partial charge in [-0.2, -0.15) is 0 Å². The summed E-state index contributed by atoms with van der Waals surface area (Å²) in [4.78, 5) is 23.5. The molecule has 124 valence electrons. The Morgan fingerprint density at radius 3 is 2.33 bits per heavy atom. The number of nitrogens with one attached hydrogen (secondary N) is 3. The fourth-order valence-corrected chi connectivity index (χ4v) is 1.94. The molecule has 24 heavy (non-hydrogen) atoms. The van der Waals surface area contributed by atoms with Crippen molar-refractivity contribution < 1.29 is 14.3 Å². The summed E-state index contributed by atoms with van der Waals surface area (Å²) in [7, 11) is 0. The van der Waals surface area contributed by atoms with E-state index in [1.807, 2.05) is 0 Å². The van der Waals surface area contributed by atoms with E-state index in [2.05, 4.69) is 16.2 Å². The maximum absolute atomic E-state index is 11.8. The number of hydrazine groups is 1. The highest BCUT2D eigenvalue weighted by molar-refractivity contribution is 7.80. The molecule has 0 aliphatic carbocycles. The third-order valence-electron chi connectivity index (χ3n) is 2.76. The molecule has 0 bridgehead atoms. The van der Waals surface area contributed by atoms with Gasteiger partial charge in [0.05, 0.1) is 0 Å². The molecule has 0 unspecified atom stereocenters. The van der Waals surface area contributed by atoms with E-state index < -0.39 is 5.91 Å². The Hall–Kier alpha value is -2.64. The van der Waals surface area contributed by atoms with Gasteiger partial charge in [-0.3, -0.25) is 25.8 Å². The molecule has 2 aromatic rings. The summed E-state index contributed by atoms with van der Waals surface area (Å²) < 4.78 is 5.27. The molecule has 0 aliphatic rings. The molecule has 0 aliphatic heterocycles. The fraction of sp³-hybridized carbons (Fsp3) is 0.0625. The molecule has 2 rings (SSSR count). The normalized spacial score (nSPS) is 9.71. The molecule has 8 heteroatoms. The number of benzene rings is 2. The van der Waals surface area contributed by atoms with Gasteiger partial charge < -0.3 is 4.74 Å². The molecular formula is C16H14ClN3O3S. The van der Waals surface area contributed by atoms with Gasteiger partial charge in [0.25, 0.3) is 11.8 Å². The molecule has 0 atom stereocenters. The van der Waals surface area contributed by atoms with Gasteiger partial charge in [-0.1, -0.05) is 29.8 Å². The summed E-state index contributed by atoms with van der Waals surface area (Å²) >= 11 is 10.7. The van der Waals surface area contributed by atoms with Gasteiger partial charge in [-0.25, -0.2) is 0 Å². The zero-order chi connectivity index (χ0) is 17.4. The van der Waals surface area contributed by atoms with E-state index in [9.17, 15) is 9.59 Å². The van der Waals surface area contributed by atoms with Crippen molar-refractivity contribution in [2.75, 3.05) is 6.61 Å². The number of carbonyl (C=O) groups excluding carboxylic acids is 2. The van der Waals surface area contributed by atoms with E-state index in [0.717, 1.165) is 0 Å². The van der Waals surface area contributed by atoms with Crippen molar-refractivity contribution in [1.29, 1.82) is 0 Å². The highest BCUT2D eigenvalue weighted by Gasteiger charge is 2.08. The Bertz CT molecular complexity index is 723. The zero-order valence-corrected chi connectivity index (χ0v) is 14.0. The van der Waals surface area contributed by atoms with E-state index in [-0.39, 0.29) is 17.6 Å². The molecule has 6 nitrogen and oxygen atoms in total. The minimum Gasteiger partial charge on any atom is -0.484 e. The number of thiocarbonyl (C=S) groups is 1. The Kier molecular flexibility index (Phi) is 6.53. The molecule has 0 aromatic heterocycles. The van der Waals surface area contributed by atoms with Crippen molar-refractivity contribution in [1.82, 2.24) is 16.2 Å². The van der Waals surface area contributed by atoms with E-state index in [1.165, 1.54) is 0 Å². The van der Waals surface area contributed by atoms with Crippen LogP contribution >= 0.6 is 23.8 Å². The third kappa shape index (κ3) is 5.86. The Morgan fingerprint density at radius 2 is 1.67 bits per heavy atom. The summed E-state index contributed by atoms with van der Waals surface area (Å²) in [6, 6.07) is 15.2. The average molecular weight is 364 g/mol. The molecule has 0 spiro atoms. The highest BCUT2D eigenvalue weighted by atomic mass is 35.5. The van der Waals surface area contributed by atoms with E-state index >= 15 is 0 Å². The van der Waals surface area contributed by atoms with E-state index in [4.69, 9.17) is 28.6 Å². The van der Waals surface area contributed by atoms with Crippen LogP contribution in [0.5, 0.6) is 5.75 Å². The van der Waals surface area contributed by atoms with Crippen molar-refractivity contribution in [3.8, 4) is 5.75 Å². The second kappa shape index (κ2) is 8.85. The lowest BCUT2D eigenvalue weighted by atomic mass is 10.2. The van der Waals surface area contributed by atoms with Crippen LogP contribution in [0.15, 0.2) is 54.6 Å². The molecule has 0 saturated heterocycles. The smallest absolute Gasteiger partial charge is 0.269 e. The Balaban J connectivity index is 1.70. The minimum absolute atomic E-state index is 0.0380. The third-order valence-corrected chi connectivity index (χ3v) is 3.22. The summed E-state index contributed by atoms with van der Waals surface area (Å²) in [6.07, 6.45) is 0. The number of hydrogen-bond donors (Lipinski definition) is 3. The molecule has 0 saturated carbocycles. The van der Waals surface area contributed by atoms with Gasteiger partial charge in [-0.05, 0) is 48.6 Å². The fourth-order valence-electron chi connectivity index (χ4n) is 1.65. The van der Waals surface area contributed by atoms with Gasteiger partial charge >= 0.3 is 0 Å². The Morgan fingerprint density at radius 1 is 1.00 bits per heavy atom. The van der Waals surface area contributed by atoms with Gasteiger partial charge in [-0.15, -0.1) is 0 Å². The average Bonchev–Trinajstić information content (AvgIpc) is 2.60. The lowest BCUT2D eigenvalue weighted by molar-refractivity contribution is -0.121. The van der Waals surface area contributed by atoms with Crippen molar-refractivity contribution >= 4 is 40.7 Å². The van der Waals surface area contributed by atoms with Crippen LogP contribution in [0, 0.1) is 0 Å². The minimum atomic E-state index is -0.462. The van der Waals surface area contributed by atoms with Crippen molar-refractivity contribution in [3.63, 3.8) is 0 Å². The van der Waals surface area contributed by atoms with Crippen molar-refractivity contribution in [3.05, 3.63) is 65.2 Å². The zero-order valence-electron chi connectivity index (χ0n) is 12.4. The quantitative estimate of drug-likeness (QED) is 0.572. The van der Waals surface area contributed by atoms with Crippen LogP contribution in [-0.2, 0) is 4.79 Å². The summed E-state index contributed by atoms with van der Waals surface area (Å²) in [6.45, 7) is -0.226. The number of rotatable bonds is 4. The maximum atomic E-state index is 11.8. The van der Waals surface area contributed by atoms with Crippen molar-refractivity contribution in [2.24, 2.45) is 0 Å². The van der Waals surface area contributed by atoms with E-state index in [0.29, 0.717) is 16.3 Å². The first kappa shape index (κ1) is 17.7. The lowest BCUT2D eigenvalue weighted by Crippen LogP contribution is -2.49. The summed E-state index contributed by atoms with van der Waals surface area (Å²) in [5.74, 6) is -0.327. The summed E-state index contributed by atoms with van der Waals surface area (Å²) in [5, 5.41) is 2.92. The largest absolute Gasteiger partial charge is 0.484 e. The van der Waals surface area contributed by atoms with Gasteiger partial charge in [0, 0.05) is 10.6 Å². The van der Waals surface area contributed by atoms with E-state index in [1.54, 1.807) is 54.6 Å².